The highest BCUT2D eigenvalue weighted by atomic mass is 32.1. The predicted molar refractivity (Wildman–Crippen MR) is 43.2 cm³/mol. The molecule has 0 aromatic rings. The van der Waals surface area contributed by atoms with Crippen molar-refractivity contribution in [3.63, 3.8) is 0 Å². The normalized spacial score (nSPS) is 12.7. The first-order valence-electron chi connectivity index (χ1n) is 3.22. The van der Waals surface area contributed by atoms with Crippen LogP contribution in [0.3, 0.4) is 0 Å². The quantitative estimate of drug-likeness (QED) is 0.503. The molecule has 0 heterocycles. The first-order chi connectivity index (χ1) is 4.66. The average molecular weight is 163 g/mol. The van der Waals surface area contributed by atoms with Gasteiger partial charge >= 0.3 is 0 Å². The highest BCUT2D eigenvalue weighted by molar-refractivity contribution is 7.81. The van der Waals surface area contributed by atoms with Crippen LogP contribution in [0.5, 0.6) is 0 Å². The second-order valence-electron chi connectivity index (χ2n) is 2.15. The van der Waals surface area contributed by atoms with Gasteiger partial charge in [0.25, 0.3) is 0 Å². The van der Waals surface area contributed by atoms with Gasteiger partial charge < -0.3 is 10.4 Å². The van der Waals surface area contributed by atoms with Crippen molar-refractivity contribution < 1.29 is 9.90 Å². The lowest BCUT2D eigenvalue weighted by Gasteiger charge is -2.04. The second-order valence-corrected chi connectivity index (χ2v) is 2.46. The number of thiol groups is 1. The summed E-state index contributed by atoms with van der Waals surface area (Å²) in [6, 6.07) is 0. The molecule has 4 heteroatoms. The fourth-order valence-electron chi connectivity index (χ4n) is 0.476. The van der Waals surface area contributed by atoms with E-state index in [1.54, 1.807) is 6.92 Å². The summed E-state index contributed by atoms with van der Waals surface area (Å²) in [5.41, 5.74) is 0. The Hall–Kier alpha value is -0.220. The standard InChI is InChI=1S/C6H13NO2S/c1-5(8)2-3-7-6(9)4-10/h5,8,10H,2-4H2,1H3,(H,7,9). The predicted octanol–water partition coefficient (Wildman–Crippen LogP) is -0.197. The van der Waals surface area contributed by atoms with E-state index in [1.807, 2.05) is 0 Å². The monoisotopic (exact) mass is 163 g/mol. The maximum atomic E-state index is 10.5. The van der Waals surface area contributed by atoms with E-state index in [2.05, 4.69) is 17.9 Å². The molecular weight excluding hydrogens is 150 g/mol. The molecule has 1 amide bonds. The van der Waals surface area contributed by atoms with Crippen LogP contribution in [0.4, 0.5) is 0 Å². The number of nitrogens with one attached hydrogen (secondary N) is 1. The summed E-state index contributed by atoms with van der Waals surface area (Å²) < 4.78 is 0. The minimum Gasteiger partial charge on any atom is -0.393 e. The maximum Gasteiger partial charge on any atom is 0.229 e. The van der Waals surface area contributed by atoms with Crippen LogP contribution < -0.4 is 5.32 Å². The van der Waals surface area contributed by atoms with Crippen molar-refractivity contribution in [2.75, 3.05) is 12.3 Å². The Morgan fingerprint density at radius 2 is 2.40 bits per heavy atom. The van der Waals surface area contributed by atoms with Gasteiger partial charge in [-0.15, -0.1) is 0 Å². The summed E-state index contributed by atoms with van der Waals surface area (Å²) in [7, 11) is 0. The Morgan fingerprint density at radius 1 is 1.80 bits per heavy atom. The molecule has 0 saturated heterocycles. The molecule has 60 valence electrons. The van der Waals surface area contributed by atoms with E-state index in [0.29, 0.717) is 13.0 Å². The zero-order valence-corrected chi connectivity index (χ0v) is 6.90. The summed E-state index contributed by atoms with van der Waals surface area (Å²) >= 11 is 3.77. The van der Waals surface area contributed by atoms with Gasteiger partial charge in [0.1, 0.15) is 0 Å². The van der Waals surface area contributed by atoms with E-state index in [1.165, 1.54) is 0 Å². The zero-order chi connectivity index (χ0) is 7.98. The van der Waals surface area contributed by atoms with E-state index < -0.39 is 0 Å². The van der Waals surface area contributed by atoms with Crippen LogP contribution in [-0.4, -0.2) is 29.4 Å². The molecule has 0 aromatic carbocycles. The number of hydrogen-bond acceptors (Lipinski definition) is 3. The number of hydrogen-bond donors (Lipinski definition) is 3. The van der Waals surface area contributed by atoms with Crippen molar-refractivity contribution in [1.29, 1.82) is 0 Å². The zero-order valence-electron chi connectivity index (χ0n) is 6.00. The van der Waals surface area contributed by atoms with Crippen LogP contribution in [0.2, 0.25) is 0 Å². The van der Waals surface area contributed by atoms with E-state index in [9.17, 15) is 4.79 Å². The molecule has 0 spiro atoms. The molecule has 3 nitrogen and oxygen atoms in total. The Balaban J connectivity index is 3.12. The van der Waals surface area contributed by atoms with Crippen molar-refractivity contribution in [2.24, 2.45) is 0 Å². The summed E-state index contributed by atoms with van der Waals surface area (Å²) in [4.78, 5) is 10.5. The van der Waals surface area contributed by atoms with Gasteiger partial charge in [-0.2, -0.15) is 12.6 Å². The second kappa shape index (κ2) is 5.56. The topological polar surface area (TPSA) is 49.3 Å². The lowest BCUT2D eigenvalue weighted by atomic mass is 10.3. The molecule has 1 atom stereocenters. The van der Waals surface area contributed by atoms with Crippen molar-refractivity contribution in [3.8, 4) is 0 Å². The first-order valence-corrected chi connectivity index (χ1v) is 3.85. The third kappa shape index (κ3) is 5.91. The third-order valence-corrected chi connectivity index (χ3v) is 1.32. The average Bonchev–Trinajstić information content (AvgIpc) is 1.87. The van der Waals surface area contributed by atoms with Crippen LogP contribution in [-0.2, 0) is 4.79 Å². The molecule has 1 unspecified atom stereocenters. The number of amides is 1. The first kappa shape index (κ1) is 9.78. The highest BCUT2D eigenvalue weighted by Gasteiger charge is 1.97. The number of aliphatic hydroxyl groups excluding tert-OH is 1. The Kier molecular flexibility index (Phi) is 5.43. The summed E-state index contributed by atoms with van der Waals surface area (Å²) in [5.74, 6) is 0.115. The molecule has 0 saturated carbocycles. The van der Waals surface area contributed by atoms with Gasteiger partial charge in [0.2, 0.25) is 5.91 Å². The number of carbonyl (C=O) groups is 1. The van der Waals surface area contributed by atoms with E-state index in [4.69, 9.17) is 5.11 Å². The molecule has 0 rings (SSSR count). The molecule has 0 aromatic heterocycles. The molecule has 0 fully saturated rings. The molecule has 0 aliphatic carbocycles. The third-order valence-electron chi connectivity index (χ3n) is 1.03. The summed E-state index contributed by atoms with van der Waals surface area (Å²) in [5, 5.41) is 11.4. The maximum absolute atomic E-state index is 10.5. The van der Waals surface area contributed by atoms with E-state index in [-0.39, 0.29) is 17.8 Å². The van der Waals surface area contributed by atoms with Gasteiger partial charge in [-0.05, 0) is 13.3 Å². The van der Waals surface area contributed by atoms with Crippen molar-refractivity contribution >= 4 is 18.5 Å². The summed E-state index contributed by atoms with van der Waals surface area (Å²) in [6.45, 7) is 2.21. The van der Waals surface area contributed by atoms with Crippen LogP contribution in [0.1, 0.15) is 13.3 Å². The lowest BCUT2D eigenvalue weighted by molar-refractivity contribution is -0.118. The molecule has 10 heavy (non-hydrogen) atoms. The van der Waals surface area contributed by atoms with Crippen LogP contribution in [0, 0.1) is 0 Å². The van der Waals surface area contributed by atoms with Crippen LogP contribution in [0.15, 0.2) is 0 Å². The SMILES string of the molecule is CC(O)CCNC(=O)CS. The summed E-state index contributed by atoms with van der Waals surface area (Å²) in [6.07, 6.45) is 0.250. The number of aliphatic hydroxyl groups is 1. The van der Waals surface area contributed by atoms with Gasteiger partial charge in [-0.25, -0.2) is 0 Å². The fraction of sp³-hybridized carbons (Fsp3) is 0.833. The smallest absolute Gasteiger partial charge is 0.229 e. The lowest BCUT2D eigenvalue weighted by Crippen LogP contribution is -2.27. The molecular formula is C6H13NO2S. The van der Waals surface area contributed by atoms with Crippen molar-refractivity contribution in [3.05, 3.63) is 0 Å². The number of rotatable bonds is 4. The fourth-order valence-corrected chi connectivity index (χ4v) is 0.588. The minimum absolute atomic E-state index is 0.0935. The Morgan fingerprint density at radius 3 is 2.80 bits per heavy atom. The van der Waals surface area contributed by atoms with Gasteiger partial charge in [0.15, 0.2) is 0 Å². The van der Waals surface area contributed by atoms with E-state index in [0.717, 1.165) is 0 Å². The molecule has 0 bridgehead atoms. The Labute approximate surface area is 66.2 Å². The van der Waals surface area contributed by atoms with Crippen LogP contribution >= 0.6 is 12.6 Å². The molecule has 2 N–H and O–H groups in total. The Bertz CT molecular complexity index is 106. The van der Waals surface area contributed by atoms with E-state index >= 15 is 0 Å². The number of carbonyl (C=O) groups excluding carboxylic acids is 1. The van der Waals surface area contributed by atoms with Crippen molar-refractivity contribution in [2.45, 2.75) is 19.4 Å². The minimum atomic E-state index is -0.347. The molecule has 0 aliphatic rings. The van der Waals surface area contributed by atoms with Gasteiger partial charge in [-0.1, -0.05) is 0 Å². The van der Waals surface area contributed by atoms with Gasteiger partial charge in [0, 0.05) is 6.54 Å². The largest absolute Gasteiger partial charge is 0.393 e. The van der Waals surface area contributed by atoms with Crippen molar-refractivity contribution in [1.82, 2.24) is 5.32 Å². The molecule has 0 radical (unpaired) electrons. The van der Waals surface area contributed by atoms with Gasteiger partial charge in [0.05, 0.1) is 11.9 Å². The van der Waals surface area contributed by atoms with Crippen LogP contribution in [0.25, 0.3) is 0 Å². The highest BCUT2D eigenvalue weighted by Crippen LogP contribution is 1.85. The van der Waals surface area contributed by atoms with Gasteiger partial charge in [-0.3, -0.25) is 4.79 Å². The molecule has 0 aliphatic heterocycles.